The van der Waals surface area contributed by atoms with Gasteiger partial charge in [-0.05, 0) is 11.5 Å². The molecule has 1 aromatic rings. The largest absolute Gasteiger partial charge is 0.477 e. The lowest BCUT2D eigenvalue weighted by atomic mass is 9.95. The second-order valence-corrected chi connectivity index (χ2v) is 6.99. The second kappa shape index (κ2) is 3.83. The molecule has 0 spiro atoms. The van der Waals surface area contributed by atoms with E-state index in [1.165, 1.54) is 0 Å². The van der Waals surface area contributed by atoms with Gasteiger partial charge in [0, 0.05) is 4.88 Å². The third kappa shape index (κ3) is 2.60. The molecule has 16 heavy (non-hydrogen) atoms. The van der Waals surface area contributed by atoms with E-state index in [0.29, 0.717) is 4.88 Å². The summed E-state index contributed by atoms with van der Waals surface area (Å²) in [6, 6.07) is 1.11. The van der Waals surface area contributed by atoms with Crippen LogP contribution in [0.4, 0.5) is 0 Å². The number of nitrogens with two attached hydrogens (primary N) is 1. The van der Waals surface area contributed by atoms with E-state index in [1.54, 1.807) is 20.8 Å². The van der Waals surface area contributed by atoms with Crippen molar-refractivity contribution in [2.24, 2.45) is 5.14 Å². The maximum atomic E-state index is 11.3. The lowest BCUT2D eigenvalue weighted by Crippen LogP contribution is -2.18. The summed E-state index contributed by atoms with van der Waals surface area (Å²) >= 11 is 0.943. The Morgan fingerprint density at radius 3 is 2.19 bits per heavy atom. The predicted octanol–water partition coefficient (Wildman–Crippen LogP) is 1.39. The van der Waals surface area contributed by atoms with Gasteiger partial charge in [0.15, 0.2) is 0 Å². The van der Waals surface area contributed by atoms with Crippen LogP contribution in [-0.4, -0.2) is 19.5 Å². The first-order valence-electron chi connectivity index (χ1n) is 4.44. The minimum atomic E-state index is -3.88. The van der Waals surface area contributed by atoms with Crippen molar-refractivity contribution in [1.29, 1.82) is 0 Å². The van der Waals surface area contributed by atoms with Crippen LogP contribution in [0.15, 0.2) is 11.0 Å². The van der Waals surface area contributed by atoms with Crippen molar-refractivity contribution in [3.05, 3.63) is 15.8 Å². The Bertz CT molecular complexity index is 522. The summed E-state index contributed by atoms with van der Waals surface area (Å²) in [6.45, 7) is 5.41. The van der Waals surface area contributed by atoms with E-state index < -0.39 is 21.4 Å². The third-order valence-electron chi connectivity index (χ3n) is 1.90. The molecule has 7 heteroatoms. The molecule has 0 aliphatic heterocycles. The summed E-state index contributed by atoms with van der Waals surface area (Å²) in [5.74, 6) is -1.15. The van der Waals surface area contributed by atoms with Crippen LogP contribution in [0.5, 0.6) is 0 Å². The maximum Gasteiger partial charge on any atom is 0.345 e. The Balaban J connectivity index is 3.54. The number of rotatable bonds is 2. The molecule has 0 aromatic carbocycles. The van der Waals surface area contributed by atoms with Gasteiger partial charge in [-0.1, -0.05) is 20.8 Å². The Hall–Kier alpha value is -0.920. The zero-order valence-electron chi connectivity index (χ0n) is 9.14. The Labute approximate surface area is 98.0 Å². The molecular weight excluding hydrogens is 250 g/mol. The van der Waals surface area contributed by atoms with Crippen molar-refractivity contribution in [3.63, 3.8) is 0 Å². The van der Waals surface area contributed by atoms with Crippen LogP contribution in [0.3, 0.4) is 0 Å². The molecule has 90 valence electrons. The van der Waals surface area contributed by atoms with Crippen LogP contribution < -0.4 is 5.14 Å². The molecule has 0 amide bonds. The molecule has 0 unspecified atom stereocenters. The fraction of sp³-hybridized carbons (Fsp3) is 0.444. The smallest absolute Gasteiger partial charge is 0.345 e. The number of carbonyl (C=O) groups is 1. The fourth-order valence-electron chi connectivity index (χ4n) is 1.21. The van der Waals surface area contributed by atoms with Crippen LogP contribution in [-0.2, 0) is 15.4 Å². The van der Waals surface area contributed by atoms with Gasteiger partial charge in [-0.2, -0.15) is 0 Å². The summed E-state index contributed by atoms with van der Waals surface area (Å²) in [5, 5.41) is 13.9. The molecule has 0 atom stereocenters. The quantitative estimate of drug-likeness (QED) is 0.842. The lowest BCUT2D eigenvalue weighted by molar-refractivity contribution is 0.0702. The Kier molecular flexibility index (Phi) is 3.15. The third-order valence-corrected chi connectivity index (χ3v) is 4.51. The molecule has 0 bridgehead atoms. The van der Waals surface area contributed by atoms with Crippen LogP contribution in [0.25, 0.3) is 0 Å². The maximum absolute atomic E-state index is 11.3. The monoisotopic (exact) mass is 263 g/mol. The molecule has 1 aromatic heterocycles. The fourth-order valence-corrected chi connectivity index (χ4v) is 3.56. The molecule has 1 rings (SSSR count). The summed E-state index contributed by atoms with van der Waals surface area (Å²) in [4.78, 5) is 11.1. The molecule has 0 radical (unpaired) electrons. The SMILES string of the molecule is CC(C)(C)c1sc(C(=O)O)cc1S(N)(=O)=O. The van der Waals surface area contributed by atoms with Crippen molar-refractivity contribution in [1.82, 2.24) is 0 Å². The highest BCUT2D eigenvalue weighted by molar-refractivity contribution is 7.89. The van der Waals surface area contributed by atoms with Gasteiger partial charge in [0.05, 0.1) is 4.90 Å². The van der Waals surface area contributed by atoms with E-state index in [1.807, 2.05) is 0 Å². The van der Waals surface area contributed by atoms with Gasteiger partial charge in [-0.25, -0.2) is 18.4 Å². The minimum Gasteiger partial charge on any atom is -0.477 e. The normalized spacial score (nSPS) is 12.8. The van der Waals surface area contributed by atoms with Gasteiger partial charge in [0.25, 0.3) is 0 Å². The minimum absolute atomic E-state index is 0.0195. The molecular formula is C9H13NO4S2. The molecule has 1 heterocycles. The average Bonchev–Trinajstić information content (AvgIpc) is 2.44. The number of aromatic carboxylic acids is 1. The van der Waals surface area contributed by atoms with Gasteiger partial charge in [0.1, 0.15) is 4.88 Å². The van der Waals surface area contributed by atoms with Crippen molar-refractivity contribution in [2.75, 3.05) is 0 Å². The Morgan fingerprint density at radius 2 is 1.94 bits per heavy atom. The first-order valence-corrected chi connectivity index (χ1v) is 6.80. The van der Waals surface area contributed by atoms with E-state index in [2.05, 4.69) is 0 Å². The zero-order chi connectivity index (χ0) is 12.7. The van der Waals surface area contributed by atoms with Gasteiger partial charge < -0.3 is 5.11 Å². The summed E-state index contributed by atoms with van der Waals surface area (Å²) < 4.78 is 22.7. The average molecular weight is 263 g/mol. The van der Waals surface area contributed by atoms with Crippen molar-refractivity contribution in [2.45, 2.75) is 31.1 Å². The number of carboxylic acid groups (broad SMARTS) is 1. The number of sulfonamides is 1. The van der Waals surface area contributed by atoms with Crippen molar-refractivity contribution >= 4 is 27.3 Å². The summed E-state index contributed by atoms with van der Waals surface area (Å²) in [7, 11) is -3.88. The van der Waals surface area contributed by atoms with E-state index in [-0.39, 0.29) is 9.77 Å². The number of hydrogen-bond donors (Lipinski definition) is 2. The summed E-state index contributed by atoms with van der Waals surface area (Å²) in [6.07, 6.45) is 0. The molecule has 3 N–H and O–H groups in total. The summed E-state index contributed by atoms with van der Waals surface area (Å²) in [5.41, 5.74) is -0.458. The van der Waals surface area contributed by atoms with Gasteiger partial charge in [-0.3, -0.25) is 0 Å². The highest BCUT2D eigenvalue weighted by atomic mass is 32.2. The van der Waals surface area contributed by atoms with Crippen LogP contribution >= 0.6 is 11.3 Å². The van der Waals surface area contributed by atoms with E-state index in [4.69, 9.17) is 10.2 Å². The molecule has 0 aliphatic carbocycles. The first kappa shape index (κ1) is 13.1. The number of carboxylic acids is 1. The van der Waals surface area contributed by atoms with E-state index in [0.717, 1.165) is 17.4 Å². The van der Waals surface area contributed by atoms with Crippen LogP contribution in [0.1, 0.15) is 35.3 Å². The standard InChI is InChI=1S/C9H13NO4S2/c1-9(2,3)7-6(16(10,13)14)4-5(15-7)8(11)12/h4H,1-3H3,(H,11,12)(H2,10,13,14). The molecule has 5 nitrogen and oxygen atoms in total. The van der Waals surface area contributed by atoms with Crippen molar-refractivity contribution < 1.29 is 18.3 Å². The number of thiophene rings is 1. The van der Waals surface area contributed by atoms with E-state index >= 15 is 0 Å². The molecule has 0 fully saturated rings. The number of hydrogen-bond acceptors (Lipinski definition) is 4. The first-order chi connectivity index (χ1) is 7.03. The second-order valence-electron chi connectivity index (χ2n) is 4.40. The van der Waals surface area contributed by atoms with Crippen LogP contribution in [0.2, 0.25) is 0 Å². The van der Waals surface area contributed by atoms with E-state index in [9.17, 15) is 13.2 Å². The van der Waals surface area contributed by atoms with Gasteiger partial charge in [0.2, 0.25) is 10.0 Å². The highest BCUT2D eigenvalue weighted by Gasteiger charge is 2.28. The molecule has 0 aliphatic rings. The topological polar surface area (TPSA) is 97.5 Å². The Morgan fingerprint density at radius 1 is 1.44 bits per heavy atom. The zero-order valence-corrected chi connectivity index (χ0v) is 10.8. The predicted molar refractivity (Wildman–Crippen MR) is 61.4 cm³/mol. The van der Waals surface area contributed by atoms with Gasteiger partial charge >= 0.3 is 5.97 Å². The van der Waals surface area contributed by atoms with Crippen LogP contribution in [0, 0.1) is 0 Å². The highest BCUT2D eigenvalue weighted by Crippen LogP contribution is 2.35. The lowest BCUT2D eigenvalue weighted by Gasteiger charge is -2.17. The van der Waals surface area contributed by atoms with Gasteiger partial charge in [-0.15, -0.1) is 11.3 Å². The van der Waals surface area contributed by atoms with Crippen molar-refractivity contribution in [3.8, 4) is 0 Å². The molecule has 0 saturated carbocycles. The number of primary sulfonamides is 1. The molecule has 0 saturated heterocycles.